The second kappa shape index (κ2) is 3.71. The van der Waals surface area contributed by atoms with E-state index in [1.54, 1.807) is 12.1 Å². The predicted molar refractivity (Wildman–Crippen MR) is 50.1 cm³/mol. The van der Waals surface area contributed by atoms with E-state index >= 15 is 0 Å². The molecule has 1 aromatic rings. The Kier molecular flexibility index (Phi) is 2.64. The third kappa shape index (κ3) is 2.59. The molecule has 0 saturated heterocycles. The van der Waals surface area contributed by atoms with Gasteiger partial charge in [0.1, 0.15) is 5.82 Å². The fourth-order valence-corrected chi connectivity index (χ4v) is 0.879. The number of aryl methyl sites for hydroxylation is 1. The van der Waals surface area contributed by atoms with Crippen LogP contribution in [0.2, 0.25) is 0 Å². The van der Waals surface area contributed by atoms with Gasteiger partial charge in [0.25, 0.3) is 0 Å². The summed E-state index contributed by atoms with van der Waals surface area (Å²) in [5.41, 5.74) is 6.92. The van der Waals surface area contributed by atoms with Gasteiger partial charge in [0.15, 0.2) is 0 Å². The second-order valence-electron chi connectivity index (χ2n) is 2.61. The van der Waals surface area contributed by atoms with Crippen LogP contribution in [0.1, 0.15) is 11.3 Å². The van der Waals surface area contributed by atoms with Gasteiger partial charge in [-0.1, -0.05) is 6.07 Å². The van der Waals surface area contributed by atoms with E-state index < -0.39 is 5.97 Å². The molecule has 0 saturated carbocycles. The van der Waals surface area contributed by atoms with Gasteiger partial charge in [-0.3, -0.25) is 0 Å². The fraction of sp³-hybridized carbons (Fsp3) is 0.111. The molecule has 4 heteroatoms. The average molecular weight is 178 g/mol. The van der Waals surface area contributed by atoms with Crippen LogP contribution in [-0.2, 0) is 4.79 Å². The highest BCUT2D eigenvalue weighted by atomic mass is 16.4. The average Bonchev–Trinajstić information content (AvgIpc) is 2.06. The maximum Gasteiger partial charge on any atom is 0.328 e. The molecule has 0 aromatic carbocycles. The first-order valence-electron chi connectivity index (χ1n) is 3.73. The van der Waals surface area contributed by atoms with Crippen molar-refractivity contribution in [2.24, 2.45) is 0 Å². The Morgan fingerprint density at radius 3 is 2.92 bits per heavy atom. The minimum atomic E-state index is -0.997. The van der Waals surface area contributed by atoms with E-state index in [0.29, 0.717) is 11.5 Å². The van der Waals surface area contributed by atoms with E-state index in [0.717, 1.165) is 11.6 Å². The van der Waals surface area contributed by atoms with Crippen LogP contribution in [0.3, 0.4) is 0 Å². The molecule has 0 aliphatic heterocycles. The molecular formula is C9H10N2O2. The molecule has 68 valence electrons. The number of nitrogen functional groups attached to an aromatic ring is 1. The zero-order valence-electron chi connectivity index (χ0n) is 7.19. The lowest BCUT2D eigenvalue weighted by atomic mass is 10.2. The van der Waals surface area contributed by atoms with E-state index in [1.807, 2.05) is 6.92 Å². The smallest absolute Gasteiger partial charge is 0.328 e. The maximum atomic E-state index is 10.2. The molecule has 1 heterocycles. The molecule has 0 bridgehead atoms. The third-order valence-electron chi connectivity index (χ3n) is 1.54. The van der Waals surface area contributed by atoms with Crippen molar-refractivity contribution >= 4 is 17.9 Å². The van der Waals surface area contributed by atoms with E-state index in [9.17, 15) is 4.79 Å². The first kappa shape index (κ1) is 9.25. The van der Waals surface area contributed by atoms with E-state index in [-0.39, 0.29) is 0 Å². The van der Waals surface area contributed by atoms with Gasteiger partial charge in [-0.15, -0.1) is 0 Å². The molecule has 0 aliphatic carbocycles. The zero-order valence-corrected chi connectivity index (χ0v) is 7.19. The van der Waals surface area contributed by atoms with Gasteiger partial charge in [-0.2, -0.15) is 0 Å². The first-order valence-corrected chi connectivity index (χ1v) is 3.73. The van der Waals surface area contributed by atoms with Gasteiger partial charge >= 0.3 is 5.97 Å². The quantitative estimate of drug-likeness (QED) is 0.664. The number of rotatable bonds is 2. The van der Waals surface area contributed by atoms with E-state index in [4.69, 9.17) is 10.8 Å². The summed E-state index contributed by atoms with van der Waals surface area (Å²) in [7, 11) is 0. The monoisotopic (exact) mass is 178 g/mol. The third-order valence-corrected chi connectivity index (χ3v) is 1.54. The van der Waals surface area contributed by atoms with Crippen molar-refractivity contribution in [1.29, 1.82) is 0 Å². The number of carboxylic acid groups (broad SMARTS) is 1. The summed E-state index contributed by atoms with van der Waals surface area (Å²) < 4.78 is 0. The van der Waals surface area contributed by atoms with Gasteiger partial charge in [0, 0.05) is 6.08 Å². The molecule has 0 fully saturated rings. The molecule has 3 N–H and O–H groups in total. The van der Waals surface area contributed by atoms with Gasteiger partial charge in [-0.25, -0.2) is 9.78 Å². The Labute approximate surface area is 75.7 Å². The summed E-state index contributed by atoms with van der Waals surface area (Å²) in [4.78, 5) is 14.2. The van der Waals surface area contributed by atoms with Crippen molar-refractivity contribution in [1.82, 2.24) is 4.98 Å². The summed E-state index contributed by atoms with van der Waals surface area (Å²) >= 11 is 0. The second-order valence-corrected chi connectivity index (χ2v) is 2.61. The van der Waals surface area contributed by atoms with Crippen LogP contribution in [0.15, 0.2) is 18.2 Å². The number of nitrogens with two attached hydrogens (primary N) is 1. The van der Waals surface area contributed by atoms with Crippen LogP contribution < -0.4 is 5.73 Å². The Balaban J connectivity index is 3.00. The standard InChI is InChI=1S/C9H10N2O2/c1-6-2-4-8(10)11-7(6)3-5-9(12)13/h2-5H,1H3,(H2,10,11)(H,12,13)/b5-3+. The molecule has 0 amide bonds. The summed E-state index contributed by atoms with van der Waals surface area (Å²) in [5.74, 6) is -0.612. The van der Waals surface area contributed by atoms with Crippen molar-refractivity contribution in [3.8, 4) is 0 Å². The topological polar surface area (TPSA) is 76.2 Å². The van der Waals surface area contributed by atoms with Crippen molar-refractivity contribution < 1.29 is 9.90 Å². The maximum absolute atomic E-state index is 10.2. The highest BCUT2D eigenvalue weighted by Gasteiger charge is 1.96. The molecule has 1 rings (SSSR count). The normalized spacial score (nSPS) is 10.5. The lowest BCUT2D eigenvalue weighted by Crippen LogP contribution is -1.94. The number of hydrogen-bond acceptors (Lipinski definition) is 3. The van der Waals surface area contributed by atoms with Crippen molar-refractivity contribution in [2.45, 2.75) is 6.92 Å². The zero-order chi connectivity index (χ0) is 9.84. The largest absolute Gasteiger partial charge is 0.478 e. The lowest BCUT2D eigenvalue weighted by molar-refractivity contribution is -0.131. The first-order chi connectivity index (χ1) is 6.09. The van der Waals surface area contributed by atoms with Crippen LogP contribution in [0.4, 0.5) is 5.82 Å². The van der Waals surface area contributed by atoms with Crippen LogP contribution in [0.25, 0.3) is 6.08 Å². The number of aromatic nitrogens is 1. The number of anilines is 1. The van der Waals surface area contributed by atoms with Gasteiger partial charge < -0.3 is 10.8 Å². The van der Waals surface area contributed by atoms with Gasteiger partial charge in [0.05, 0.1) is 5.69 Å². The molecular weight excluding hydrogens is 168 g/mol. The minimum Gasteiger partial charge on any atom is -0.478 e. The van der Waals surface area contributed by atoms with Gasteiger partial charge in [0.2, 0.25) is 0 Å². The number of carbonyl (C=O) groups is 1. The Morgan fingerprint density at radius 1 is 1.62 bits per heavy atom. The lowest BCUT2D eigenvalue weighted by Gasteiger charge is -1.99. The van der Waals surface area contributed by atoms with E-state index in [1.165, 1.54) is 6.08 Å². The number of hydrogen-bond donors (Lipinski definition) is 2. The summed E-state index contributed by atoms with van der Waals surface area (Å²) in [6.07, 6.45) is 2.46. The minimum absolute atomic E-state index is 0.385. The molecule has 0 radical (unpaired) electrons. The highest BCUT2D eigenvalue weighted by Crippen LogP contribution is 2.09. The number of pyridine rings is 1. The van der Waals surface area contributed by atoms with Gasteiger partial charge in [-0.05, 0) is 24.6 Å². The van der Waals surface area contributed by atoms with E-state index in [2.05, 4.69) is 4.98 Å². The Morgan fingerprint density at radius 2 is 2.31 bits per heavy atom. The molecule has 0 spiro atoms. The number of aliphatic carboxylic acids is 1. The molecule has 4 nitrogen and oxygen atoms in total. The van der Waals surface area contributed by atoms with Crippen LogP contribution in [0, 0.1) is 6.92 Å². The summed E-state index contributed by atoms with van der Waals surface area (Å²) in [6.45, 7) is 1.84. The number of carboxylic acids is 1. The highest BCUT2D eigenvalue weighted by molar-refractivity contribution is 5.85. The van der Waals surface area contributed by atoms with Crippen LogP contribution in [0.5, 0.6) is 0 Å². The molecule has 0 unspecified atom stereocenters. The molecule has 0 atom stereocenters. The summed E-state index contributed by atoms with van der Waals surface area (Å²) in [6, 6.07) is 3.47. The van der Waals surface area contributed by atoms with Crippen LogP contribution >= 0.6 is 0 Å². The SMILES string of the molecule is Cc1ccc(N)nc1/C=C/C(=O)O. The molecule has 1 aromatic heterocycles. The Bertz CT molecular complexity index is 359. The Hall–Kier alpha value is -1.84. The molecule has 13 heavy (non-hydrogen) atoms. The van der Waals surface area contributed by atoms with Crippen molar-refractivity contribution in [2.75, 3.05) is 5.73 Å². The van der Waals surface area contributed by atoms with Crippen molar-refractivity contribution in [3.05, 3.63) is 29.5 Å². The van der Waals surface area contributed by atoms with Crippen molar-refractivity contribution in [3.63, 3.8) is 0 Å². The van der Waals surface area contributed by atoms with Crippen LogP contribution in [-0.4, -0.2) is 16.1 Å². The molecule has 0 aliphatic rings. The summed E-state index contributed by atoms with van der Waals surface area (Å²) in [5, 5.41) is 8.39. The number of nitrogens with zero attached hydrogens (tertiary/aromatic N) is 1. The fourth-order valence-electron chi connectivity index (χ4n) is 0.879. The predicted octanol–water partition coefficient (Wildman–Crippen LogP) is 1.07.